The fraction of sp³-hybridized carbons (Fsp3) is 0.333. The number of nitrogens with zero attached hydrogens (tertiary/aromatic N) is 1. The predicted molar refractivity (Wildman–Crippen MR) is 110 cm³/mol. The number of fused-ring (bicyclic) bond motifs is 1. The van der Waals surface area contributed by atoms with Crippen molar-refractivity contribution in [1.29, 1.82) is 0 Å². The topological polar surface area (TPSA) is 50.5 Å². The molecule has 0 bridgehead atoms. The number of carbonyl (C=O) groups excluding carboxylic acids is 1. The van der Waals surface area contributed by atoms with Gasteiger partial charge in [0.05, 0.1) is 0 Å². The molecular formula is C24H24FNO3. The van der Waals surface area contributed by atoms with Crippen molar-refractivity contribution in [2.75, 3.05) is 0 Å². The second kappa shape index (κ2) is 8.19. The van der Waals surface area contributed by atoms with E-state index in [2.05, 4.69) is 6.92 Å². The zero-order valence-corrected chi connectivity index (χ0v) is 16.4. The Balaban J connectivity index is 1.76. The van der Waals surface area contributed by atoms with Crippen LogP contribution in [0.1, 0.15) is 48.5 Å². The molecule has 1 heterocycles. The third kappa shape index (κ3) is 3.95. The van der Waals surface area contributed by atoms with Gasteiger partial charge in [0.25, 0.3) is 5.91 Å². The van der Waals surface area contributed by atoms with E-state index in [9.17, 15) is 14.0 Å². The SMILES string of the molecule is C[C@H]1CCCC[C@H]1N(Cc1ccccc1F)C(=O)c1cc2ccccc2oc1=O. The maximum Gasteiger partial charge on any atom is 0.349 e. The molecule has 1 saturated carbocycles. The molecule has 0 aliphatic heterocycles. The molecule has 2 aromatic carbocycles. The molecule has 1 fully saturated rings. The molecule has 4 rings (SSSR count). The van der Waals surface area contributed by atoms with E-state index >= 15 is 0 Å². The van der Waals surface area contributed by atoms with Crippen molar-refractivity contribution >= 4 is 16.9 Å². The van der Waals surface area contributed by atoms with Crippen LogP contribution in [0.4, 0.5) is 4.39 Å². The van der Waals surface area contributed by atoms with E-state index in [1.165, 1.54) is 6.07 Å². The summed E-state index contributed by atoms with van der Waals surface area (Å²) in [7, 11) is 0. The standard InChI is InChI=1S/C24H24FNO3/c1-16-8-2-6-12-21(16)26(15-18-10-3-5-11-20(18)25)23(27)19-14-17-9-4-7-13-22(17)29-24(19)28/h3-5,7,9-11,13-14,16,21H,2,6,8,12,15H2,1H3/t16-,21+/m0/s1. The average Bonchev–Trinajstić information content (AvgIpc) is 2.73. The Labute approximate surface area is 169 Å². The van der Waals surface area contributed by atoms with Crippen LogP contribution < -0.4 is 5.63 Å². The van der Waals surface area contributed by atoms with Gasteiger partial charge in [0.2, 0.25) is 0 Å². The highest BCUT2D eigenvalue weighted by Gasteiger charge is 2.33. The zero-order valence-electron chi connectivity index (χ0n) is 16.4. The molecule has 3 aromatic rings. The Kier molecular flexibility index (Phi) is 5.47. The molecule has 150 valence electrons. The summed E-state index contributed by atoms with van der Waals surface area (Å²) in [4.78, 5) is 27.8. The highest BCUT2D eigenvalue weighted by atomic mass is 19.1. The highest BCUT2D eigenvalue weighted by molar-refractivity contribution is 5.96. The van der Waals surface area contributed by atoms with Gasteiger partial charge in [0.1, 0.15) is 17.0 Å². The van der Waals surface area contributed by atoms with Crippen molar-refractivity contribution in [1.82, 2.24) is 4.90 Å². The van der Waals surface area contributed by atoms with Crippen molar-refractivity contribution in [3.63, 3.8) is 0 Å². The average molecular weight is 393 g/mol. The first-order valence-electron chi connectivity index (χ1n) is 10.1. The molecule has 0 unspecified atom stereocenters. The van der Waals surface area contributed by atoms with E-state index in [1.54, 1.807) is 47.4 Å². The molecule has 0 N–H and O–H groups in total. The third-order valence-electron chi connectivity index (χ3n) is 5.90. The van der Waals surface area contributed by atoms with Gasteiger partial charge in [-0.2, -0.15) is 0 Å². The predicted octanol–water partition coefficient (Wildman–Crippen LogP) is 5.15. The van der Waals surface area contributed by atoms with Crippen LogP contribution in [0.3, 0.4) is 0 Å². The van der Waals surface area contributed by atoms with Crippen LogP contribution in [0.15, 0.2) is 63.8 Å². The Morgan fingerprint density at radius 1 is 1.10 bits per heavy atom. The number of hydrogen-bond acceptors (Lipinski definition) is 3. The van der Waals surface area contributed by atoms with Crippen LogP contribution in [0, 0.1) is 11.7 Å². The van der Waals surface area contributed by atoms with Crippen molar-refractivity contribution < 1.29 is 13.6 Å². The van der Waals surface area contributed by atoms with Crippen molar-refractivity contribution in [2.45, 2.75) is 45.2 Å². The van der Waals surface area contributed by atoms with Crippen molar-refractivity contribution in [2.24, 2.45) is 5.92 Å². The first kappa shape index (κ1) is 19.4. The fourth-order valence-electron chi connectivity index (χ4n) is 4.28. The summed E-state index contributed by atoms with van der Waals surface area (Å²) >= 11 is 0. The minimum Gasteiger partial charge on any atom is -0.422 e. The second-order valence-corrected chi connectivity index (χ2v) is 7.84. The lowest BCUT2D eigenvalue weighted by Gasteiger charge is -2.38. The third-order valence-corrected chi connectivity index (χ3v) is 5.90. The van der Waals surface area contributed by atoms with E-state index in [4.69, 9.17) is 4.42 Å². The van der Waals surface area contributed by atoms with E-state index in [0.717, 1.165) is 25.7 Å². The minimum atomic E-state index is -0.657. The monoisotopic (exact) mass is 393 g/mol. The summed E-state index contributed by atoms with van der Waals surface area (Å²) < 4.78 is 19.7. The molecule has 29 heavy (non-hydrogen) atoms. The molecule has 0 radical (unpaired) electrons. The molecule has 1 aromatic heterocycles. The fourth-order valence-corrected chi connectivity index (χ4v) is 4.28. The molecule has 4 nitrogen and oxygen atoms in total. The largest absolute Gasteiger partial charge is 0.422 e. The summed E-state index contributed by atoms with van der Waals surface area (Å²) in [6.07, 6.45) is 4.00. The van der Waals surface area contributed by atoms with Gasteiger partial charge >= 0.3 is 5.63 Å². The smallest absolute Gasteiger partial charge is 0.349 e. The first-order valence-corrected chi connectivity index (χ1v) is 10.1. The quantitative estimate of drug-likeness (QED) is 0.576. The van der Waals surface area contributed by atoms with Gasteiger partial charge in [-0.15, -0.1) is 0 Å². The van der Waals surface area contributed by atoms with Crippen LogP contribution in [0.2, 0.25) is 0 Å². The van der Waals surface area contributed by atoms with E-state index in [1.807, 2.05) is 6.07 Å². The van der Waals surface area contributed by atoms with Gasteiger partial charge in [-0.25, -0.2) is 9.18 Å². The van der Waals surface area contributed by atoms with Crippen LogP contribution in [-0.4, -0.2) is 16.8 Å². The lowest BCUT2D eigenvalue weighted by Crippen LogP contribution is -2.46. The number of halogens is 1. The van der Waals surface area contributed by atoms with Gasteiger partial charge in [0.15, 0.2) is 0 Å². The lowest BCUT2D eigenvalue weighted by molar-refractivity contribution is 0.0522. The summed E-state index contributed by atoms with van der Waals surface area (Å²) in [5, 5.41) is 0.693. The molecule has 1 amide bonds. The number of para-hydroxylation sites is 1. The second-order valence-electron chi connectivity index (χ2n) is 7.84. The van der Waals surface area contributed by atoms with Gasteiger partial charge in [-0.3, -0.25) is 4.79 Å². The Bertz CT molecular complexity index is 1090. The maximum atomic E-state index is 14.3. The maximum absolute atomic E-state index is 14.3. The van der Waals surface area contributed by atoms with Crippen LogP contribution in [0.25, 0.3) is 11.0 Å². The van der Waals surface area contributed by atoms with Crippen molar-refractivity contribution in [3.05, 3.63) is 82.0 Å². The molecule has 1 aliphatic rings. The molecule has 2 atom stereocenters. The normalized spacial score (nSPS) is 19.2. The van der Waals surface area contributed by atoms with E-state index in [-0.39, 0.29) is 29.9 Å². The molecule has 0 saturated heterocycles. The van der Waals surface area contributed by atoms with Gasteiger partial charge < -0.3 is 9.32 Å². The van der Waals surface area contributed by atoms with E-state index < -0.39 is 11.5 Å². The van der Waals surface area contributed by atoms with Crippen LogP contribution in [-0.2, 0) is 6.54 Å². The van der Waals surface area contributed by atoms with Gasteiger partial charge in [-0.05, 0) is 37.0 Å². The molecule has 1 aliphatic carbocycles. The Morgan fingerprint density at radius 2 is 1.83 bits per heavy atom. The Hall–Kier alpha value is -2.95. The summed E-state index contributed by atoms with van der Waals surface area (Å²) in [6.45, 7) is 2.25. The van der Waals surface area contributed by atoms with Crippen LogP contribution >= 0.6 is 0 Å². The highest BCUT2D eigenvalue weighted by Crippen LogP contribution is 2.30. The summed E-state index contributed by atoms with van der Waals surface area (Å²) in [6, 6.07) is 15.1. The van der Waals surface area contributed by atoms with Gasteiger partial charge in [0, 0.05) is 23.5 Å². The summed E-state index contributed by atoms with van der Waals surface area (Å²) in [5.41, 5.74) is 0.234. The minimum absolute atomic E-state index is 0.00203. The molecular weight excluding hydrogens is 369 g/mol. The number of benzene rings is 2. The van der Waals surface area contributed by atoms with Gasteiger partial charge in [-0.1, -0.05) is 56.2 Å². The first-order chi connectivity index (χ1) is 14.0. The Morgan fingerprint density at radius 3 is 2.62 bits per heavy atom. The number of rotatable bonds is 4. The lowest BCUT2D eigenvalue weighted by atomic mass is 9.84. The molecule has 5 heteroatoms. The number of hydrogen-bond donors (Lipinski definition) is 0. The van der Waals surface area contributed by atoms with Crippen molar-refractivity contribution in [3.8, 4) is 0 Å². The number of amides is 1. The summed E-state index contributed by atoms with van der Waals surface area (Å²) in [5.74, 6) is -0.460. The number of carbonyl (C=O) groups is 1. The van der Waals surface area contributed by atoms with Crippen LogP contribution in [0.5, 0.6) is 0 Å². The zero-order chi connectivity index (χ0) is 20.4. The van der Waals surface area contributed by atoms with E-state index in [0.29, 0.717) is 16.5 Å². The molecule has 0 spiro atoms.